The minimum absolute atomic E-state index is 0.0791. The highest BCUT2D eigenvalue weighted by Gasteiger charge is 2.16. The van der Waals surface area contributed by atoms with E-state index in [0.29, 0.717) is 27.3 Å². The van der Waals surface area contributed by atoms with Gasteiger partial charge < -0.3 is 5.32 Å². The van der Waals surface area contributed by atoms with Gasteiger partial charge in [0.15, 0.2) is 5.16 Å². The van der Waals surface area contributed by atoms with Crippen LogP contribution in [0, 0.1) is 25.2 Å². The van der Waals surface area contributed by atoms with Gasteiger partial charge in [-0.15, -0.1) is 0 Å². The predicted octanol–water partition coefficient (Wildman–Crippen LogP) is 4.61. The number of rotatable bonds is 5. The number of nitriles is 1. The Morgan fingerprint density at radius 2 is 1.84 bits per heavy atom. The lowest BCUT2D eigenvalue weighted by molar-refractivity contribution is -0.113. The van der Waals surface area contributed by atoms with Gasteiger partial charge in [-0.05, 0) is 61.9 Å². The van der Waals surface area contributed by atoms with Crippen LogP contribution in [0.15, 0.2) is 76.7 Å². The molecule has 1 heterocycles. The van der Waals surface area contributed by atoms with Gasteiger partial charge in [0.1, 0.15) is 0 Å². The number of fused-ring (bicyclic) bond motifs is 1. The summed E-state index contributed by atoms with van der Waals surface area (Å²) in [6, 6.07) is 21.8. The van der Waals surface area contributed by atoms with Crippen LogP contribution < -0.4 is 10.9 Å². The normalized spacial score (nSPS) is 10.7. The molecule has 3 aromatic carbocycles. The molecule has 32 heavy (non-hydrogen) atoms. The topological polar surface area (TPSA) is 87.8 Å². The second kappa shape index (κ2) is 9.08. The van der Waals surface area contributed by atoms with E-state index < -0.39 is 0 Å². The molecule has 0 radical (unpaired) electrons. The van der Waals surface area contributed by atoms with E-state index in [-0.39, 0.29) is 17.2 Å². The van der Waals surface area contributed by atoms with Crippen LogP contribution >= 0.6 is 11.8 Å². The predicted molar refractivity (Wildman–Crippen MR) is 127 cm³/mol. The minimum Gasteiger partial charge on any atom is -0.325 e. The molecule has 1 N–H and O–H groups in total. The number of carbonyl (C=O) groups is 1. The number of hydrogen-bond donors (Lipinski definition) is 1. The van der Waals surface area contributed by atoms with Crippen molar-refractivity contribution in [3.05, 3.63) is 93.8 Å². The van der Waals surface area contributed by atoms with E-state index in [2.05, 4.69) is 10.3 Å². The van der Waals surface area contributed by atoms with Gasteiger partial charge in [-0.25, -0.2) is 4.98 Å². The Kier molecular flexibility index (Phi) is 6.06. The van der Waals surface area contributed by atoms with Gasteiger partial charge in [0.25, 0.3) is 5.56 Å². The second-order valence-electron chi connectivity index (χ2n) is 7.37. The van der Waals surface area contributed by atoms with E-state index in [1.807, 2.05) is 50.2 Å². The summed E-state index contributed by atoms with van der Waals surface area (Å²) in [7, 11) is 0. The standard InChI is InChI=1S/C25H20N4O2S/c1-16-7-12-22(17(2)13-16)29-24(31)20-5-3-4-6-21(20)28-25(29)32-15-23(30)27-19-10-8-18(14-26)9-11-19/h3-13H,15H2,1-2H3,(H,27,30). The summed E-state index contributed by atoms with van der Waals surface area (Å²) in [5.74, 6) is -0.148. The van der Waals surface area contributed by atoms with Gasteiger partial charge in [0.2, 0.25) is 5.91 Å². The van der Waals surface area contributed by atoms with Crippen LogP contribution in [0.2, 0.25) is 0 Å². The van der Waals surface area contributed by atoms with Crippen LogP contribution in [0.3, 0.4) is 0 Å². The van der Waals surface area contributed by atoms with E-state index in [4.69, 9.17) is 5.26 Å². The number of hydrogen-bond acceptors (Lipinski definition) is 5. The Labute approximate surface area is 189 Å². The molecular weight excluding hydrogens is 420 g/mol. The molecule has 0 fully saturated rings. The monoisotopic (exact) mass is 440 g/mol. The van der Waals surface area contributed by atoms with E-state index in [9.17, 15) is 9.59 Å². The van der Waals surface area contributed by atoms with Crippen molar-refractivity contribution in [2.75, 3.05) is 11.1 Å². The number of para-hydroxylation sites is 1. The van der Waals surface area contributed by atoms with Crippen molar-refractivity contribution in [3.63, 3.8) is 0 Å². The number of nitrogens with zero attached hydrogens (tertiary/aromatic N) is 3. The molecule has 0 saturated carbocycles. The van der Waals surface area contributed by atoms with Crippen molar-refractivity contribution in [2.45, 2.75) is 19.0 Å². The Balaban J connectivity index is 1.67. The lowest BCUT2D eigenvalue weighted by Crippen LogP contribution is -2.23. The zero-order chi connectivity index (χ0) is 22.7. The van der Waals surface area contributed by atoms with Gasteiger partial charge in [-0.2, -0.15) is 5.26 Å². The number of carbonyl (C=O) groups excluding carboxylic acids is 1. The molecule has 6 nitrogen and oxygen atoms in total. The first kappa shape index (κ1) is 21.3. The summed E-state index contributed by atoms with van der Waals surface area (Å²) >= 11 is 1.21. The third-order valence-electron chi connectivity index (χ3n) is 4.97. The summed E-state index contributed by atoms with van der Waals surface area (Å²) in [6.07, 6.45) is 0. The Hall–Kier alpha value is -3.89. The zero-order valence-corrected chi connectivity index (χ0v) is 18.4. The summed E-state index contributed by atoms with van der Waals surface area (Å²) in [6.45, 7) is 3.96. The first-order chi connectivity index (χ1) is 15.5. The number of thioether (sulfide) groups is 1. The van der Waals surface area contributed by atoms with E-state index in [1.54, 1.807) is 41.0 Å². The molecular formula is C25H20N4O2S. The maximum Gasteiger partial charge on any atom is 0.266 e. The number of amides is 1. The zero-order valence-electron chi connectivity index (χ0n) is 17.6. The third kappa shape index (κ3) is 4.41. The highest BCUT2D eigenvalue weighted by molar-refractivity contribution is 7.99. The lowest BCUT2D eigenvalue weighted by Gasteiger charge is -2.15. The minimum atomic E-state index is -0.228. The van der Waals surface area contributed by atoms with Gasteiger partial charge >= 0.3 is 0 Å². The Morgan fingerprint density at radius 3 is 2.56 bits per heavy atom. The molecule has 0 aliphatic carbocycles. The fraction of sp³-hybridized carbons (Fsp3) is 0.120. The van der Waals surface area contributed by atoms with Crippen molar-refractivity contribution >= 4 is 34.3 Å². The number of benzene rings is 3. The maximum absolute atomic E-state index is 13.4. The van der Waals surface area contributed by atoms with Crippen LogP contribution in [0.25, 0.3) is 16.6 Å². The van der Waals surface area contributed by atoms with Crippen LogP contribution in [-0.2, 0) is 4.79 Å². The van der Waals surface area contributed by atoms with Gasteiger partial charge in [-0.3, -0.25) is 14.2 Å². The largest absolute Gasteiger partial charge is 0.325 e. The molecule has 0 bridgehead atoms. The highest BCUT2D eigenvalue weighted by atomic mass is 32.2. The molecule has 0 saturated heterocycles. The molecule has 1 amide bonds. The molecule has 0 atom stereocenters. The molecule has 7 heteroatoms. The highest BCUT2D eigenvalue weighted by Crippen LogP contribution is 2.24. The van der Waals surface area contributed by atoms with Crippen molar-refractivity contribution in [2.24, 2.45) is 0 Å². The molecule has 4 aromatic rings. The van der Waals surface area contributed by atoms with Crippen LogP contribution in [0.4, 0.5) is 5.69 Å². The fourth-order valence-corrected chi connectivity index (χ4v) is 4.24. The van der Waals surface area contributed by atoms with Gasteiger partial charge in [-0.1, -0.05) is 41.6 Å². The molecule has 0 aliphatic heterocycles. The fourth-order valence-electron chi connectivity index (χ4n) is 3.43. The summed E-state index contributed by atoms with van der Waals surface area (Å²) in [4.78, 5) is 30.6. The molecule has 0 unspecified atom stereocenters. The summed E-state index contributed by atoms with van der Waals surface area (Å²) < 4.78 is 1.58. The Morgan fingerprint density at radius 1 is 1.09 bits per heavy atom. The third-order valence-corrected chi connectivity index (χ3v) is 5.91. The van der Waals surface area contributed by atoms with E-state index >= 15 is 0 Å². The van der Waals surface area contributed by atoms with Gasteiger partial charge in [0, 0.05) is 5.69 Å². The average molecular weight is 441 g/mol. The quantitative estimate of drug-likeness (QED) is 0.362. The van der Waals surface area contributed by atoms with Crippen LogP contribution in [-0.4, -0.2) is 21.2 Å². The van der Waals surface area contributed by atoms with Crippen LogP contribution in [0.1, 0.15) is 16.7 Å². The number of anilines is 1. The van der Waals surface area contributed by atoms with Crippen LogP contribution in [0.5, 0.6) is 0 Å². The first-order valence-electron chi connectivity index (χ1n) is 9.98. The maximum atomic E-state index is 13.4. The Bertz CT molecular complexity index is 1420. The average Bonchev–Trinajstić information content (AvgIpc) is 2.79. The second-order valence-corrected chi connectivity index (χ2v) is 8.31. The number of aryl methyl sites for hydroxylation is 2. The SMILES string of the molecule is Cc1ccc(-n2c(SCC(=O)Nc3ccc(C#N)cc3)nc3ccccc3c2=O)c(C)c1. The molecule has 0 spiro atoms. The number of nitrogens with one attached hydrogen (secondary N) is 1. The van der Waals surface area contributed by atoms with E-state index in [1.165, 1.54) is 11.8 Å². The van der Waals surface area contributed by atoms with Crippen molar-refractivity contribution in [1.82, 2.24) is 9.55 Å². The van der Waals surface area contributed by atoms with Crippen molar-refractivity contribution in [1.29, 1.82) is 5.26 Å². The lowest BCUT2D eigenvalue weighted by atomic mass is 10.1. The molecule has 1 aromatic heterocycles. The smallest absolute Gasteiger partial charge is 0.266 e. The molecule has 158 valence electrons. The van der Waals surface area contributed by atoms with Crippen molar-refractivity contribution < 1.29 is 4.79 Å². The molecule has 0 aliphatic rings. The van der Waals surface area contributed by atoms with E-state index in [0.717, 1.165) is 16.8 Å². The first-order valence-corrected chi connectivity index (χ1v) is 11.0. The summed E-state index contributed by atoms with van der Waals surface area (Å²) in [5.41, 5.74) is 4.35. The molecule has 4 rings (SSSR count). The van der Waals surface area contributed by atoms with Gasteiger partial charge in [0.05, 0.1) is 34.0 Å². The number of aromatic nitrogens is 2. The summed E-state index contributed by atoms with van der Waals surface area (Å²) in [5, 5.41) is 12.7. The van der Waals surface area contributed by atoms with Crippen molar-refractivity contribution in [3.8, 4) is 11.8 Å².